The van der Waals surface area contributed by atoms with Crippen LogP contribution in [-0.4, -0.2) is 71.0 Å². The highest BCUT2D eigenvalue weighted by Crippen LogP contribution is 2.20. The number of hydrogen-bond donors (Lipinski definition) is 4. The van der Waals surface area contributed by atoms with Gasteiger partial charge in [0.05, 0.1) is 23.9 Å². The largest absolute Gasteiger partial charge is 0.508 e. The minimum atomic E-state index is -1.03. The number of phenols is 1. The van der Waals surface area contributed by atoms with E-state index in [-0.39, 0.29) is 43.1 Å². The third-order valence-electron chi connectivity index (χ3n) is 5.65. The van der Waals surface area contributed by atoms with E-state index in [2.05, 4.69) is 10.3 Å². The molecule has 1 heterocycles. The smallest absolute Gasteiger partial charge is 0.329 e. The summed E-state index contributed by atoms with van der Waals surface area (Å²) in [5, 5.41) is 21.1. The minimum absolute atomic E-state index is 0.0290. The maximum Gasteiger partial charge on any atom is 0.329 e. The molecule has 0 saturated carbocycles. The average Bonchev–Trinajstić information content (AvgIpc) is 2.85. The molecule has 2 aromatic rings. The molecule has 0 aromatic heterocycles. The molecule has 5 N–H and O–H groups in total. The van der Waals surface area contributed by atoms with Gasteiger partial charge in [0.2, 0.25) is 11.8 Å². The Morgan fingerprint density at radius 3 is 2.49 bits per heavy atom. The number of phenolic OH excluding ortho intramolecular Hbond substituents is 1. The number of likely N-dealkylation sites (tertiary alicyclic amines) is 1. The van der Waals surface area contributed by atoms with Gasteiger partial charge in [-0.15, -0.1) is 0 Å². The van der Waals surface area contributed by atoms with E-state index in [0.29, 0.717) is 37.3 Å². The fourth-order valence-electron chi connectivity index (χ4n) is 3.81. The van der Waals surface area contributed by atoms with Gasteiger partial charge in [-0.25, -0.2) is 4.79 Å². The first-order valence-corrected chi connectivity index (χ1v) is 11.4. The summed E-state index contributed by atoms with van der Waals surface area (Å²) in [5.41, 5.74) is 7.70. The number of benzene rings is 2. The van der Waals surface area contributed by atoms with Crippen molar-refractivity contribution in [2.75, 3.05) is 25.4 Å². The van der Waals surface area contributed by atoms with Crippen molar-refractivity contribution in [3.63, 3.8) is 0 Å². The van der Waals surface area contributed by atoms with E-state index >= 15 is 0 Å². The second kappa shape index (κ2) is 12.5. The van der Waals surface area contributed by atoms with Gasteiger partial charge in [0, 0.05) is 25.7 Å². The number of nitrogen functional groups attached to an aromatic ring is 1. The fraction of sp³-hybridized carbons (Fsp3) is 0.360. The van der Waals surface area contributed by atoms with Gasteiger partial charge in [-0.1, -0.05) is 24.3 Å². The predicted molar refractivity (Wildman–Crippen MR) is 131 cm³/mol. The predicted octanol–water partition coefficient (Wildman–Crippen LogP) is 1.89. The summed E-state index contributed by atoms with van der Waals surface area (Å²) in [5.74, 6) is -1.51. The van der Waals surface area contributed by atoms with Crippen molar-refractivity contribution in [3.8, 4) is 5.75 Å². The molecule has 0 bridgehead atoms. The first-order chi connectivity index (χ1) is 16.8. The lowest BCUT2D eigenvalue weighted by molar-refractivity contribution is -0.147. The highest BCUT2D eigenvalue weighted by molar-refractivity contribution is 5.94. The molecule has 0 spiro atoms. The third kappa shape index (κ3) is 8.11. The van der Waals surface area contributed by atoms with Crippen LogP contribution in [0.15, 0.2) is 53.5 Å². The SMILES string of the molecule is Nc1ccccc1N=CCC(=O)NC(Cc1ccc(O)cc1)C(=O)N1CCC(OCC(=O)O)CC1. The van der Waals surface area contributed by atoms with Crippen LogP contribution in [0.5, 0.6) is 5.75 Å². The lowest BCUT2D eigenvalue weighted by Gasteiger charge is -2.34. The van der Waals surface area contributed by atoms with Crippen molar-refractivity contribution in [2.45, 2.75) is 37.8 Å². The van der Waals surface area contributed by atoms with Crippen LogP contribution in [0.3, 0.4) is 0 Å². The normalized spacial score (nSPS) is 15.1. The quantitative estimate of drug-likeness (QED) is 0.298. The molecule has 1 unspecified atom stereocenters. The third-order valence-corrected chi connectivity index (χ3v) is 5.65. The number of rotatable bonds is 10. The number of carboxylic acid groups (broad SMARTS) is 1. The maximum atomic E-state index is 13.3. The monoisotopic (exact) mass is 482 g/mol. The van der Waals surface area contributed by atoms with Crippen molar-refractivity contribution in [2.24, 2.45) is 4.99 Å². The molecule has 0 aliphatic carbocycles. The number of carboxylic acids is 1. The van der Waals surface area contributed by atoms with E-state index in [9.17, 15) is 19.5 Å². The highest BCUT2D eigenvalue weighted by atomic mass is 16.5. The van der Waals surface area contributed by atoms with Gasteiger partial charge < -0.3 is 30.9 Å². The summed E-state index contributed by atoms with van der Waals surface area (Å²) in [6.45, 7) is 0.438. The van der Waals surface area contributed by atoms with Crippen molar-refractivity contribution >= 4 is 35.4 Å². The molecular weight excluding hydrogens is 452 g/mol. The molecule has 1 fully saturated rings. The van der Waals surface area contributed by atoms with E-state index in [0.717, 1.165) is 5.56 Å². The molecule has 1 saturated heterocycles. The van der Waals surface area contributed by atoms with Gasteiger partial charge >= 0.3 is 5.97 Å². The number of nitrogens with two attached hydrogens (primary N) is 1. The van der Waals surface area contributed by atoms with E-state index in [1.807, 2.05) is 0 Å². The number of ether oxygens (including phenoxy) is 1. The number of nitrogens with zero attached hydrogens (tertiary/aromatic N) is 2. The summed E-state index contributed by atoms with van der Waals surface area (Å²) in [7, 11) is 0. The van der Waals surface area contributed by atoms with Crippen molar-refractivity contribution in [1.29, 1.82) is 0 Å². The van der Waals surface area contributed by atoms with E-state index < -0.39 is 12.0 Å². The number of piperidine rings is 1. The molecule has 3 rings (SSSR count). The standard InChI is InChI=1S/C25H30N4O6/c26-20-3-1-2-4-21(20)27-12-9-23(31)28-22(15-17-5-7-18(30)8-6-17)25(34)29-13-10-19(11-14-29)35-16-24(32)33/h1-8,12,19,22,30H,9-11,13-16,26H2,(H,28,31)(H,32,33). The van der Waals surface area contributed by atoms with E-state index in [1.54, 1.807) is 41.3 Å². The molecule has 10 heteroatoms. The first-order valence-electron chi connectivity index (χ1n) is 11.4. The lowest BCUT2D eigenvalue weighted by Crippen LogP contribution is -2.52. The van der Waals surface area contributed by atoms with E-state index in [4.69, 9.17) is 15.6 Å². The van der Waals surface area contributed by atoms with Crippen LogP contribution in [0.2, 0.25) is 0 Å². The van der Waals surface area contributed by atoms with Gasteiger partial charge in [0.1, 0.15) is 18.4 Å². The Morgan fingerprint density at radius 2 is 1.83 bits per heavy atom. The average molecular weight is 483 g/mol. The fourth-order valence-corrected chi connectivity index (χ4v) is 3.81. The number of aromatic hydroxyl groups is 1. The minimum Gasteiger partial charge on any atom is -0.508 e. The van der Waals surface area contributed by atoms with Crippen LogP contribution in [0, 0.1) is 0 Å². The number of para-hydroxylation sites is 2. The molecular formula is C25H30N4O6. The number of carbonyl (C=O) groups excluding carboxylic acids is 2. The van der Waals surface area contributed by atoms with E-state index in [1.165, 1.54) is 18.3 Å². The molecule has 1 aliphatic rings. The van der Waals surface area contributed by atoms with Crippen molar-refractivity contribution in [1.82, 2.24) is 10.2 Å². The number of anilines is 1. The Kier molecular flexibility index (Phi) is 9.19. The molecule has 186 valence electrons. The zero-order valence-corrected chi connectivity index (χ0v) is 19.3. The van der Waals surface area contributed by atoms with Gasteiger partial charge in [-0.3, -0.25) is 14.6 Å². The molecule has 2 aromatic carbocycles. The number of aliphatic carboxylic acids is 1. The topological polar surface area (TPSA) is 155 Å². The van der Waals surface area contributed by atoms with Gasteiger partial charge in [-0.2, -0.15) is 0 Å². The van der Waals surface area contributed by atoms with Crippen LogP contribution in [0.25, 0.3) is 0 Å². The zero-order valence-electron chi connectivity index (χ0n) is 19.3. The Labute approximate surface area is 203 Å². The second-order valence-electron chi connectivity index (χ2n) is 8.29. The van der Waals surface area contributed by atoms with Gasteiger partial charge in [-0.05, 0) is 42.7 Å². The van der Waals surface area contributed by atoms with Crippen LogP contribution < -0.4 is 11.1 Å². The number of nitrogens with one attached hydrogen (secondary N) is 1. The van der Waals surface area contributed by atoms with Crippen molar-refractivity contribution < 1.29 is 29.3 Å². The second-order valence-corrected chi connectivity index (χ2v) is 8.29. The number of hydrogen-bond acceptors (Lipinski definition) is 7. The van der Waals surface area contributed by atoms with Gasteiger partial charge in [0.25, 0.3) is 0 Å². The van der Waals surface area contributed by atoms with Crippen molar-refractivity contribution in [3.05, 3.63) is 54.1 Å². The first kappa shape index (κ1) is 25.7. The molecule has 10 nitrogen and oxygen atoms in total. The molecule has 35 heavy (non-hydrogen) atoms. The summed E-state index contributed by atoms with van der Waals surface area (Å²) in [6, 6.07) is 12.7. The van der Waals surface area contributed by atoms with Gasteiger partial charge in [0.15, 0.2) is 0 Å². The van der Waals surface area contributed by atoms with Crippen LogP contribution in [0.1, 0.15) is 24.8 Å². The lowest BCUT2D eigenvalue weighted by atomic mass is 10.0. The Bertz CT molecular complexity index is 1050. The molecule has 0 radical (unpaired) electrons. The Balaban J connectivity index is 1.62. The molecule has 1 atom stereocenters. The molecule has 2 amide bonds. The summed E-state index contributed by atoms with van der Waals surface area (Å²) < 4.78 is 5.34. The Hall–Kier alpha value is -3.92. The summed E-state index contributed by atoms with van der Waals surface area (Å²) in [4.78, 5) is 42.5. The maximum absolute atomic E-state index is 13.3. The molecule has 1 aliphatic heterocycles. The number of amides is 2. The Morgan fingerprint density at radius 1 is 1.14 bits per heavy atom. The summed E-state index contributed by atoms with van der Waals surface area (Å²) in [6.07, 6.45) is 2.49. The number of carbonyl (C=O) groups is 3. The van der Waals surface area contributed by atoms with Crippen LogP contribution in [0.4, 0.5) is 11.4 Å². The summed E-state index contributed by atoms with van der Waals surface area (Å²) >= 11 is 0. The van der Waals surface area contributed by atoms with Crippen LogP contribution in [-0.2, 0) is 25.5 Å². The van der Waals surface area contributed by atoms with Crippen LogP contribution >= 0.6 is 0 Å². The number of aliphatic imine (C=N–C) groups is 1. The highest BCUT2D eigenvalue weighted by Gasteiger charge is 2.30. The zero-order chi connectivity index (χ0) is 25.2.